The summed E-state index contributed by atoms with van der Waals surface area (Å²) in [5.74, 6) is -0.378. The van der Waals surface area contributed by atoms with Crippen molar-refractivity contribution in [2.75, 3.05) is 13.7 Å². The zero-order valence-electron chi connectivity index (χ0n) is 12.4. The van der Waals surface area contributed by atoms with Crippen molar-refractivity contribution < 1.29 is 13.9 Å². The van der Waals surface area contributed by atoms with Gasteiger partial charge in [-0.3, -0.25) is 4.79 Å². The Morgan fingerprint density at radius 1 is 1.23 bits per heavy atom. The number of carbonyl (C=O) groups excluding carboxylic acids is 1. The molecule has 22 heavy (non-hydrogen) atoms. The number of carbonyl (C=O) groups is 1. The largest absolute Gasteiger partial charge is 0.496 e. The number of ether oxygens (including phenoxy) is 1. The van der Waals surface area contributed by atoms with Crippen LogP contribution in [0.15, 0.2) is 48.5 Å². The minimum atomic E-state index is -0.449. The number of methoxy groups -OCH3 is 1. The second-order valence-electron chi connectivity index (χ2n) is 5.67. The van der Waals surface area contributed by atoms with Gasteiger partial charge in [0.05, 0.1) is 12.7 Å². The summed E-state index contributed by atoms with van der Waals surface area (Å²) in [6.07, 6.45) is 2.11. The molecule has 2 aromatic rings. The fraction of sp³-hybridized carbons (Fsp3) is 0.278. The summed E-state index contributed by atoms with van der Waals surface area (Å²) in [6, 6.07) is 14.1. The van der Waals surface area contributed by atoms with E-state index in [1.807, 2.05) is 18.2 Å². The van der Waals surface area contributed by atoms with E-state index in [2.05, 4.69) is 17.4 Å². The maximum Gasteiger partial charge on any atom is 0.255 e. The molecule has 1 aliphatic rings. The molecular weight excluding hydrogens is 281 g/mol. The van der Waals surface area contributed by atoms with Crippen LogP contribution in [0.4, 0.5) is 4.39 Å². The van der Waals surface area contributed by atoms with Crippen LogP contribution >= 0.6 is 0 Å². The van der Waals surface area contributed by atoms with Crippen LogP contribution in [0.1, 0.15) is 28.8 Å². The number of benzene rings is 2. The maximum atomic E-state index is 13.4. The first-order chi connectivity index (χ1) is 10.6. The lowest BCUT2D eigenvalue weighted by atomic mass is 9.96. The number of nitrogens with one attached hydrogen (secondary N) is 1. The van der Waals surface area contributed by atoms with E-state index in [4.69, 9.17) is 4.74 Å². The first kappa shape index (κ1) is 14.6. The van der Waals surface area contributed by atoms with Crippen LogP contribution in [0.25, 0.3) is 0 Å². The van der Waals surface area contributed by atoms with Crippen LogP contribution in [0.5, 0.6) is 5.75 Å². The van der Waals surface area contributed by atoms with Crippen LogP contribution in [-0.2, 0) is 5.41 Å². The molecule has 1 fully saturated rings. The van der Waals surface area contributed by atoms with Gasteiger partial charge in [0.15, 0.2) is 0 Å². The maximum absolute atomic E-state index is 13.4. The smallest absolute Gasteiger partial charge is 0.255 e. The normalized spacial score (nSPS) is 15.2. The van der Waals surface area contributed by atoms with E-state index in [0.717, 1.165) is 12.8 Å². The summed E-state index contributed by atoms with van der Waals surface area (Å²) in [5.41, 5.74) is 1.49. The summed E-state index contributed by atoms with van der Waals surface area (Å²) in [7, 11) is 1.47. The first-order valence-electron chi connectivity index (χ1n) is 7.32. The Kier molecular flexibility index (Phi) is 3.84. The van der Waals surface area contributed by atoms with Crippen LogP contribution in [0, 0.1) is 5.82 Å². The molecule has 1 aliphatic carbocycles. The standard InChI is InChI=1S/C18H18FNO2/c1-22-16-8-7-14(19)11-15(16)17(21)20-12-18(9-10-18)13-5-3-2-4-6-13/h2-8,11H,9-10,12H2,1H3,(H,20,21). The average Bonchev–Trinajstić information content (AvgIpc) is 3.34. The number of rotatable bonds is 5. The summed E-state index contributed by atoms with van der Waals surface area (Å²) in [6.45, 7) is 0.551. The molecule has 3 nitrogen and oxygen atoms in total. The second-order valence-corrected chi connectivity index (χ2v) is 5.67. The molecule has 0 atom stereocenters. The average molecular weight is 299 g/mol. The molecule has 0 bridgehead atoms. The molecule has 1 N–H and O–H groups in total. The summed E-state index contributed by atoms with van der Waals surface area (Å²) in [5, 5.41) is 2.92. The molecule has 0 heterocycles. The molecule has 0 spiro atoms. The molecular formula is C18H18FNO2. The fourth-order valence-electron chi connectivity index (χ4n) is 2.71. The minimum absolute atomic E-state index is 0.0253. The molecule has 114 valence electrons. The zero-order chi connectivity index (χ0) is 15.6. The Balaban J connectivity index is 1.72. The van der Waals surface area contributed by atoms with Crippen LogP contribution in [0.3, 0.4) is 0 Å². The van der Waals surface area contributed by atoms with Crippen LogP contribution < -0.4 is 10.1 Å². The van der Waals surface area contributed by atoms with Gasteiger partial charge in [0.2, 0.25) is 0 Å². The molecule has 0 aliphatic heterocycles. The van der Waals surface area contributed by atoms with Gasteiger partial charge >= 0.3 is 0 Å². The fourth-order valence-corrected chi connectivity index (χ4v) is 2.71. The van der Waals surface area contributed by atoms with Crippen molar-refractivity contribution in [3.63, 3.8) is 0 Å². The molecule has 0 unspecified atom stereocenters. The van der Waals surface area contributed by atoms with E-state index in [1.54, 1.807) is 0 Å². The Hall–Kier alpha value is -2.36. The highest BCUT2D eigenvalue weighted by Gasteiger charge is 2.44. The van der Waals surface area contributed by atoms with E-state index in [-0.39, 0.29) is 16.9 Å². The van der Waals surface area contributed by atoms with Crippen molar-refractivity contribution in [1.29, 1.82) is 0 Å². The van der Waals surface area contributed by atoms with E-state index in [0.29, 0.717) is 12.3 Å². The lowest BCUT2D eigenvalue weighted by Gasteiger charge is -2.17. The van der Waals surface area contributed by atoms with Crippen molar-refractivity contribution >= 4 is 5.91 Å². The van der Waals surface area contributed by atoms with E-state index >= 15 is 0 Å². The number of halogens is 1. The zero-order valence-corrected chi connectivity index (χ0v) is 12.4. The van der Waals surface area contributed by atoms with E-state index in [1.165, 1.54) is 30.9 Å². The SMILES string of the molecule is COc1ccc(F)cc1C(=O)NCC1(c2ccccc2)CC1. The predicted molar refractivity (Wildman–Crippen MR) is 82.6 cm³/mol. The van der Waals surface area contributed by atoms with Gasteiger partial charge < -0.3 is 10.1 Å². The van der Waals surface area contributed by atoms with Crippen molar-refractivity contribution in [2.45, 2.75) is 18.3 Å². The second kappa shape index (κ2) is 5.79. The highest BCUT2D eigenvalue weighted by molar-refractivity contribution is 5.97. The van der Waals surface area contributed by atoms with Crippen molar-refractivity contribution in [3.05, 3.63) is 65.5 Å². The predicted octanol–water partition coefficient (Wildman–Crippen LogP) is 3.30. The van der Waals surface area contributed by atoms with Gasteiger partial charge in [-0.25, -0.2) is 4.39 Å². The van der Waals surface area contributed by atoms with Gasteiger partial charge in [-0.05, 0) is 36.6 Å². The lowest BCUT2D eigenvalue weighted by molar-refractivity contribution is 0.0946. The third-order valence-electron chi connectivity index (χ3n) is 4.23. The summed E-state index contributed by atoms with van der Waals surface area (Å²) < 4.78 is 18.5. The van der Waals surface area contributed by atoms with Crippen molar-refractivity contribution in [1.82, 2.24) is 5.32 Å². The van der Waals surface area contributed by atoms with Crippen molar-refractivity contribution in [2.24, 2.45) is 0 Å². The van der Waals surface area contributed by atoms with E-state index < -0.39 is 5.82 Å². The van der Waals surface area contributed by atoms with Gasteiger partial charge in [-0.15, -0.1) is 0 Å². The number of hydrogen-bond acceptors (Lipinski definition) is 2. The topological polar surface area (TPSA) is 38.3 Å². The summed E-state index contributed by atoms with van der Waals surface area (Å²) in [4.78, 5) is 12.3. The Labute approximate surface area is 129 Å². The molecule has 0 aromatic heterocycles. The summed E-state index contributed by atoms with van der Waals surface area (Å²) >= 11 is 0. The van der Waals surface area contributed by atoms with Gasteiger partial charge in [0.25, 0.3) is 5.91 Å². The van der Waals surface area contributed by atoms with Gasteiger partial charge in [0, 0.05) is 12.0 Å². The first-order valence-corrected chi connectivity index (χ1v) is 7.32. The molecule has 2 aromatic carbocycles. The lowest BCUT2D eigenvalue weighted by Crippen LogP contribution is -2.32. The van der Waals surface area contributed by atoms with Gasteiger partial charge in [-0.2, -0.15) is 0 Å². The molecule has 1 saturated carbocycles. The van der Waals surface area contributed by atoms with Gasteiger partial charge in [0.1, 0.15) is 11.6 Å². The highest BCUT2D eigenvalue weighted by atomic mass is 19.1. The molecule has 0 radical (unpaired) electrons. The Morgan fingerprint density at radius 2 is 1.95 bits per heavy atom. The number of hydrogen-bond donors (Lipinski definition) is 1. The van der Waals surface area contributed by atoms with Crippen molar-refractivity contribution in [3.8, 4) is 5.75 Å². The van der Waals surface area contributed by atoms with Gasteiger partial charge in [-0.1, -0.05) is 30.3 Å². The minimum Gasteiger partial charge on any atom is -0.496 e. The Morgan fingerprint density at radius 3 is 2.59 bits per heavy atom. The van der Waals surface area contributed by atoms with E-state index in [9.17, 15) is 9.18 Å². The Bertz CT molecular complexity index is 681. The quantitative estimate of drug-likeness (QED) is 0.920. The van der Waals surface area contributed by atoms with Crippen LogP contribution in [0.2, 0.25) is 0 Å². The van der Waals surface area contributed by atoms with Crippen LogP contribution in [-0.4, -0.2) is 19.6 Å². The molecule has 3 rings (SSSR count). The highest BCUT2D eigenvalue weighted by Crippen LogP contribution is 2.47. The molecule has 1 amide bonds. The molecule has 4 heteroatoms. The number of amides is 1. The molecule has 0 saturated heterocycles. The third-order valence-corrected chi connectivity index (χ3v) is 4.23. The monoisotopic (exact) mass is 299 g/mol. The third kappa shape index (κ3) is 2.82.